The van der Waals surface area contributed by atoms with E-state index >= 15 is 0 Å². The van der Waals surface area contributed by atoms with Crippen molar-refractivity contribution >= 4 is 21.4 Å². The number of rotatable bonds is 7. The Morgan fingerprint density at radius 1 is 1.38 bits per heavy atom. The van der Waals surface area contributed by atoms with Crippen molar-refractivity contribution in [1.82, 2.24) is 8.87 Å². The number of sulfonamides is 1. The van der Waals surface area contributed by atoms with Crippen LogP contribution >= 0.6 is 11.3 Å². The summed E-state index contributed by atoms with van der Waals surface area (Å²) in [5, 5.41) is 11.2. The largest absolute Gasteiger partial charge is 0.390 e. The van der Waals surface area contributed by atoms with E-state index in [1.165, 1.54) is 4.31 Å². The average Bonchev–Trinajstić information content (AvgIpc) is 3.13. The highest BCUT2D eigenvalue weighted by atomic mass is 32.2. The van der Waals surface area contributed by atoms with Gasteiger partial charge < -0.3 is 9.67 Å². The Morgan fingerprint density at radius 2 is 2.14 bits per heavy atom. The van der Waals surface area contributed by atoms with Gasteiger partial charge in [-0.2, -0.15) is 4.31 Å². The maximum absolute atomic E-state index is 12.7. The molecule has 7 heteroatoms. The Bertz CT molecular complexity index is 654. The second kappa shape index (κ2) is 6.74. The minimum Gasteiger partial charge on any atom is -0.390 e. The van der Waals surface area contributed by atoms with E-state index in [2.05, 4.69) is 0 Å². The summed E-state index contributed by atoms with van der Waals surface area (Å²) < 4.78 is 28.7. The van der Waals surface area contributed by atoms with E-state index in [0.29, 0.717) is 25.3 Å². The SMILES string of the molecule is CCN(Cc1cccs1)S(=O)(=O)c1cc(CO)n(CC)c1. The van der Waals surface area contributed by atoms with Gasteiger partial charge in [0.25, 0.3) is 0 Å². The van der Waals surface area contributed by atoms with Crippen molar-refractivity contribution in [3.63, 3.8) is 0 Å². The molecule has 0 aliphatic rings. The van der Waals surface area contributed by atoms with E-state index in [1.54, 1.807) is 28.2 Å². The molecule has 0 bridgehead atoms. The van der Waals surface area contributed by atoms with Crippen molar-refractivity contribution in [1.29, 1.82) is 0 Å². The highest BCUT2D eigenvalue weighted by Crippen LogP contribution is 2.22. The van der Waals surface area contributed by atoms with E-state index in [0.717, 1.165) is 4.88 Å². The molecule has 0 aliphatic heterocycles. The second-order valence-electron chi connectivity index (χ2n) is 4.62. The van der Waals surface area contributed by atoms with Gasteiger partial charge in [-0.15, -0.1) is 11.3 Å². The van der Waals surface area contributed by atoms with Crippen LogP contribution in [0.15, 0.2) is 34.7 Å². The number of aliphatic hydroxyl groups excluding tert-OH is 1. The third kappa shape index (κ3) is 3.37. The molecule has 0 atom stereocenters. The number of aromatic nitrogens is 1. The Morgan fingerprint density at radius 3 is 2.62 bits per heavy atom. The smallest absolute Gasteiger partial charge is 0.244 e. The molecule has 0 saturated heterocycles. The Balaban J connectivity index is 2.32. The number of hydrogen-bond acceptors (Lipinski definition) is 4. The van der Waals surface area contributed by atoms with Gasteiger partial charge in [-0.25, -0.2) is 8.42 Å². The van der Waals surface area contributed by atoms with Crippen molar-refractivity contribution in [3.05, 3.63) is 40.3 Å². The summed E-state index contributed by atoms with van der Waals surface area (Å²) in [5.41, 5.74) is 0.614. The van der Waals surface area contributed by atoms with Crippen LogP contribution < -0.4 is 0 Å². The van der Waals surface area contributed by atoms with Gasteiger partial charge in [0, 0.05) is 36.4 Å². The zero-order chi connectivity index (χ0) is 15.5. The molecular weight excluding hydrogens is 308 g/mol. The van der Waals surface area contributed by atoms with Gasteiger partial charge in [-0.1, -0.05) is 13.0 Å². The second-order valence-corrected chi connectivity index (χ2v) is 7.59. The lowest BCUT2D eigenvalue weighted by Gasteiger charge is -2.18. The first-order valence-electron chi connectivity index (χ1n) is 6.85. The summed E-state index contributed by atoms with van der Waals surface area (Å²) in [4.78, 5) is 1.25. The van der Waals surface area contributed by atoms with Crippen LogP contribution in [-0.2, 0) is 29.7 Å². The standard InChI is InChI=1S/C14H20N2O3S2/c1-3-15-10-14(8-12(15)11-17)21(18,19)16(4-2)9-13-6-5-7-20-13/h5-8,10,17H,3-4,9,11H2,1-2H3. The number of aryl methyl sites for hydroxylation is 1. The van der Waals surface area contributed by atoms with E-state index < -0.39 is 10.0 Å². The normalized spacial score (nSPS) is 12.2. The van der Waals surface area contributed by atoms with Crippen LogP contribution in [0.25, 0.3) is 0 Å². The van der Waals surface area contributed by atoms with Crippen LogP contribution in [0, 0.1) is 0 Å². The molecule has 0 aliphatic carbocycles. The zero-order valence-electron chi connectivity index (χ0n) is 12.2. The molecule has 2 aromatic rings. The monoisotopic (exact) mass is 328 g/mol. The molecule has 0 amide bonds. The van der Waals surface area contributed by atoms with Gasteiger partial charge in [-0.05, 0) is 24.4 Å². The van der Waals surface area contributed by atoms with Crippen molar-refractivity contribution in [2.45, 2.75) is 38.4 Å². The molecule has 0 unspecified atom stereocenters. The topological polar surface area (TPSA) is 62.5 Å². The molecule has 116 valence electrons. The molecule has 5 nitrogen and oxygen atoms in total. The molecule has 1 N–H and O–H groups in total. The van der Waals surface area contributed by atoms with Gasteiger partial charge in [-0.3, -0.25) is 0 Å². The number of nitrogens with zero attached hydrogens (tertiary/aromatic N) is 2. The lowest BCUT2D eigenvalue weighted by atomic mass is 10.4. The van der Waals surface area contributed by atoms with E-state index in [1.807, 2.05) is 31.4 Å². The summed E-state index contributed by atoms with van der Waals surface area (Å²) in [5.74, 6) is 0. The van der Waals surface area contributed by atoms with E-state index in [4.69, 9.17) is 0 Å². The summed E-state index contributed by atoms with van der Waals surface area (Å²) >= 11 is 1.54. The number of thiophene rings is 1. The minimum atomic E-state index is -3.54. The molecule has 0 saturated carbocycles. The Labute approximate surface area is 129 Å². The predicted octanol–water partition coefficient (Wildman–Crippen LogP) is 2.27. The predicted molar refractivity (Wildman–Crippen MR) is 83.6 cm³/mol. The first-order chi connectivity index (χ1) is 10.0. The fourth-order valence-corrected chi connectivity index (χ4v) is 4.48. The summed E-state index contributed by atoms with van der Waals surface area (Å²) in [7, 11) is -3.54. The lowest BCUT2D eigenvalue weighted by Crippen LogP contribution is -2.29. The molecule has 2 rings (SSSR count). The molecule has 0 spiro atoms. The van der Waals surface area contributed by atoms with Gasteiger partial charge in [0.1, 0.15) is 4.90 Å². The third-order valence-corrected chi connectivity index (χ3v) is 6.11. The maximum Gasteiger partial charge on any atom is 0.244 e. The van der Waals surface area contributed by atoms with Crippen LogP contribution in [0.5, 0.6) is 0 Å². The number of aliphatic hydroxyl groups is 1. The molecule has 21 heavy (non-hydrogen) atoms. The Hall–Kier alpha value is -1.15. The zero-order valence-corrected chi connectivity index (χ0v) is 13.8. The van der Waals surface area contributed by atoms with Gasteiger partial charge in [0.15, 0.2) is 0 Å². The van der Waals surface area contributed by atoms with Crippen LogP contribution in [0.3, 0.4) is 0 Å². The van der Waals surface area contributed by atoms with E-state index in [9.17, 15) is 13.5 Å². The van der Waals surface area contributed by atoms with Crippen molar-refractivity contribution in [2.75, 3.05) is 6.54 Å². The van der Waals surface area contributed by atoms with Gasteiger partial charge >= 0.3 is 0 Å². The van der Waals surface area contributed by atoms with Crippen molar-refractivity contribution < 1.29 is 13.5 Å². The minimum absolute atomic E-state index is 0.166. The van der Waals surface area contributed by atoms with Crippen molar-refractivity contribution in [2.24, 2.45) is 0 Å². The molecule has 0 fully saturated rings. The van der Waals surface area contributed by atoms with Crippen LogP contribution in [0.1, 0.15) is 24.4 Å². The molecule has 0 radical (unpaired) electrons. The van der Waals surface area contributed by atoms with Crippen molar-refractivity contribution in [3.8, 4) is 0 Å². The van der Waals surface area contributed by atoms with Crippen LogP contribution in [-0.4, -0.2) is 28.9 Å². The first kappa shape index (κ1) is 16.2. The van der Waals surface area contributed by atoms with Crippen LogP contribution in [0.4, 0.5) is 0 Å². The fourth-order valence-electron chi connectivity index (χ4n) is 2.18. The van der Waals surface area contributed by atoms with Gasteiger partial charge in [0.05, 0.1) is 6.61 Å². The summed E-state index contributed by atoms with van der Waals surface area (Å²) in [6, 6.07) is 5.40. The molecule has 2 heterocycles. The molecule has 2 aromatic heterocycles. The van der Waals surface area contributed by atoms with Gasteiger partial charge in [0.2, 0.25) is 10.0 Å². The highest BCUT2D eigenvalue weighted by molar-refractivity contribution is 7.89. The fraction of sp³-hybridized carbons (Fsp3) is 0.429. The summed E-state index contributed by atoms with van der Waals surface area (Å²) in [6.45, 7) is 4.99. The Kier molecular flexibility index (Phi) is 5.21. The summed E-state index contributed by atoms with van der Waals surface area (Å²) in [6.07, 6.45) is 1.60. The quantitative estimate of drug-likeness (QED) is 0.848. The maximum atomic E-state index is 12.7. The van der Waals surface area contributed by atoms with E-state index in [-0.39, 0.29) is 11.5 Å². The third-order valence-electron chi connectivity index (χ3n) is 3.37. The lowest BCUT2D eigenvalue weighted by molar-refractivity contribution is 0.271. The number of hydrogen-bond donors (Lipinski definition) is 1. The van der Waals surface area contributed by atoms with Crippen LogP contribution in [0.2, 0.25) is 0 Å². The first-order valence-corrected chi connectivity index (χ1v) is 9.17. The molecule has 0 aromatic carbocycles. The highest BCUT2D eigenvalue weighted by Gasteiger charge is 2.25. The average molecular weight is 328 g/mol. The molecular formula is C14H20N2O3S2.